The van der Waals surface area contributed by atoms with Crippen molar-refractivity contribution in [3.05, 3.63) is 59.7 Å². The number of fused-ring (bicyclic) bond motifs is 3. The first-order valence-electron chi connectivity index (χ1n) is 6.54. The molecule has 3 rings (SSSR count). The highest BCUT2D eigenvalue weighted by Gasteiger charge is 2.09. The molecular weight excluding hydrogens is 230 g/mol. The molecule has 19 heavy (non-hydrogen) atoms. The van der Waals surface area contributed by atoms with Gasteiger partial charge in [-0.1, -0.05) is 42.5 Å². The van der Waals surface area contributed by atoms with Gasteiger partial charge >= 0.3 is 0 Å². The molecule has 0 amide bonds. The van der Waals surface area contributed by atoms with Crippen molar-refractivity contribution < 1.29 is 1.43 Å². The van der Waals surface area contributed by atoms with Gasteiger partial charge in [-0.3, -0.25) is 0 Å². The van der Waals surface area contributed by atoms with Crippen molar-refractivity contribution in [2.24, 2.45) is 0 Å². The van der Waals surface area contributed by atoms with Gasteiger partial charge in [-0.05, 0) is 43.2 Å². The summed E-state index contributed by atoms with van der Waals surface area (Å²) in [5.41, 5.74) is 6.05. The first kappa shape index (κ1) is 11.8. The molecule has 0 aliphatic rings. The molecule has 3 aromatic rings. The number of allylic oxidation sites excluding steroid dienone is 1. The van der Waals surface area contributed by atoms with Gasteiger partial charge in [0.25, 0.3) is 0 Å². The third kappa shape index (κ3) is 1.78. The molecule has 0 unspecified atom stereocenters. The zero-order valence-corrected chi connectivity index (χ0v) is 11.3. The van der Waals surface area contributed by atoms with Crippen molar-refractivity contribution >= 4 is 34.0 Å². The van der Waals surface area contributed by atoms with Gasteiger partial charge < -0.3 is 4.98 Å². The Morgan fingerprint density at radius 3 is 2.68 bits per heavy atom. The van der Waals surface area contributed by atoms with E-state index in [4.69, 9.17) is 0 Å². The lowest BCUT2D eigenvalue weighted by Crippen LogP contribution is -1.82. The summed E-state index contributed by atoms with van der Waals surface area (Å²) in [7, 11) is 0. The minimum atomic E-state index is 0. The number of H-pyrrole nitrogens is 1. The number of aromatic nitrogens is 1. The van der Waals surface area contributed by atoms with Crippen LogP contribution < -0.4 is 0 Å². The molecule has 0 bridgehead atoms. The van der Waals surface area contributed by atoms with E-state index in [9.17, 15) is 0 Å². The zero-order chi connectivity index (χ0) is 13.4. The Labute approximate surface area is 114 Å². The van der Waals surface area contributed by atoms with Gasteiger partial charge in [0.2, 0.25) is 0 Å². The Hall–Kier alpha value is -2.28. The first-order chi connectivity index (χ1) is 9.24. The van der Waals surface area contributed by atoms with Crippen LogP contribution in [0.3, 0.4) is 0 Å². The van der Waals surface area contributed by atoms with Crippen LogP contribution in [0, 0.1) is 6.92 Å². The summed E-state index contributed by atoms with van der Waals surface area (Å²) in [6, 6.07) is 10.8. The van der Waals surface area contributed by atoms with E-state index in [1.165, 1.54) is 38.5 Å². The molecule has 2 aromatic carbocycles. The fourth-order valence-corrected chi connectivity index (χ4v) is 2.69. The number of benzene rings is 2. The van der Waals surface area contributed by atoms with Gasteiger partial charge in [0, 0.05) is 23.2 Å². The molecule has 1 nitrogen and oxygen atoms in total. The summed E-state index contributed by atoms with van der Waals surface area (Å²) in [5.74, 6) is 0. The number of aryl methyl sites for hydroxylation is 1. The molecular formula is C18H19N. The van der Waals surface area contributed by atoms with E-state index in [1.54, 1.807) is 0 Å². The molecule has 1 heteroatoms. The van der Waals surface area contributed by atoms with Crippen molar-refractivity contribution in [3.8, 4) is 0 Å². The van der Waals surface area contributed by atoms with Gasteiger partial charge in [0.1, 0.15) is 0 Å². The minimum Gasteiger partial charge on any atom is -0.354 e. The van der Waals surface area contributed by atoms with Crippen LogP contribution in [0.4, 0.5) is 0 Å². The molecule has 0 radical (unpaired) electrons. The molecule has 1 N–H and O–H groups in total. The van der Waals surface area contributed by atoms with E-state index in [0.29, 0.717) is 0 Å². The Morgan fingerprint density at radius 2 is 1.95 bits per heavy atom. The molecule has 1 aromatic heterocycles. The number of rotatable bonds is 2. The highest BCUT2D eigenvalue weighted by Crippen LogP contribution is 2.32. The monoisotopic (exact) mass is 249 g/mol. The lowest BCUT2D eigenvalue weighted by molar-refractivity contribution is 1.48. The maximum absolute atomic E-state index is 3.99. The summed E-state index contributed by atoms with van der Waals surface area (Å²) >= 11 is 0. The first-order valence-corrected chi connectivity index (χ1v) is 6.54. The molecule has 0 fully saturated rings. The second kappa shape index (κ2) is 4.43. The van der Waals surface area contributed by atoms with Crippen LogP contribution in [0.25, 0.3) is 34.0 Å². The number of hydrogen-bond donors (Lipinski definition) is 1. The maximum Gasteiger partial charge on any atom is 0.0471 e. The predicted octanol–water partition coefficient (Wildman–Crippen LogP) is 5.55. The van der Waals surface area contributed by atoms with Gasteiger partial charge in [0.15, 0.2) is 0 Å². The van der Waals surface area contributed by atoms with E-state index in [1.807, 2.05) is 13.0 Å². The second-order valence-corrected chi connectivity index (χ2v) is 4.87. The highest BCUT2D eigenvalue weighted by atomic mass is 14.7. The SMILES string of the molecule is C=Cc1c(/C=C\C)ccc2[nH]c3ccc(C)cc3c12.[HH]. The van der Waals surface area contributed by atoms with E-state index in [-0.39, 0.29) is 1.43 Å². The van der Waals surface area contributed by atoms with Crippen molar-refractivity contribution in [1.82, 2.24) is 4.98 Å². The zero-order valence-electron chi connectivity index (χ0n) is 11.3. The Balaban J connectivity index is 0.00000147. The molecule has 96 valence electrons. The topological polar surface area (TPSA) is 15.8 Å². The Morgan fingerprint density at radius 1 is 1.16 bits per heavy atom. The quantitative estimate of drug-likeness (QED) is 0.612. The lowest BCUT2D eigenvalue weighted by atomic mass is 9.99. The van der Waals surface area contributed by atoms with Crippen LogP contribution in [0.15, 0.2) is 43.0 Å². The van der Waals surface area contributed by atoms with Crippen LogP contribution in [0.5, 0.6) is 0 Å². The highest BCUT2D eigenvalue weighted by molar-refractivity contribution is 6.12. The molecule has 0 saturated heterocycles. The van der Waals surface area contributed by atoms with Crippen molar-refractivity contribution in [1.29, 1.82) is 0 Å². The fraction of sp³-hybridized carbons (Fsp3) is 0.111. The fourth-order valence-electron chi connectivity index (χ4n) is 2.69. The number of aromatic amines is 1. The van der Waals surface area contributed by atoms with Gasteiger partial charge in [-0.15, -0.1) is 0 Å². The molecule has 0 aliphatic heterocycles. The van der Waals surface area contributed by atoms with Crippen molar-refractivity contribution in [2.75, 3.05) is 0 Å². The van der Waals surface area contributed by atoms with Crippen LogP contribution in [0.2, 0.25) is 0 Å². The molecule has 1 heterocycles. The van der Waals surface area contributed by atoms with Crippen LogP contribution in [-0.2, 0) is 0 Å². The number of hydrogen-bond acceptors (Lipinski definition) is 0. The third-order valence-corrected chi connectivity index (χ3v) is 3.54. The standard InChI is InChI=1S/C18H17N.H2/c1-4-6-13-8-10-17-18(14(13)5-2)15-11-12(3)7-9-16(15)19-17;/h4-11,19H,2H2,1,3H3;1H/b6-4-;. The summed E-state index contributed by atoms with van der Waals surface area (Å²) in [5, 5.41) is 2.54. The average molecular weight is 249 g/mol. The number of nitrogens with one attached hydrogen (secondary N) is 1. The van der Waals surface area contributed by atoms with Crippen LogP contribution >= 0.6 is 0 Å². The predicted molar refractivity (Wildman–Crippen MR) is 87.5 cm³/mol. The summed E-state index contributed by atoms with van der Waals surface area (Å²) in [4.78, 5) is 3.48. The molecule has 0 aliphatic carbocycles. The Kier molecular flexibility index (Phi) is 2.75. The maximum atomic E-state index is 3.99. The third-order valence-electron chi connectivity index (χ3n) is 3.54. The van der Waals surface area contributed by atoms with E-state index < -0.39 is 0 Å². The summed E-state index contributed by atoms with van der Waals surface area (Å²) in [6.45, 7) is 8.15. The van der Waals surface area contributed by atoms with Crippen molar-refractivity contribution in [3.63, 3.8) is 0 Å². The van der Waals surface area contributed by atoms with E-state index >= 15 is 0 Å². The van der Waals surface area contributed by atoms with Gasteiger partial charge in [0.05, 0.1) is 0 Å². The van der Waals surface area contributed by atoms with E-state index in [0.717, 1.165) is 0 Å². The average Bonchev–Trinajstić information content (AvgIpc) is 2.77. The lowest BCUT2D eigenvalue weighted by Gasteiger charge is -2.04. The summed E-state index contributed by atoms with van der Waals surface area (Å²) in [6.07, 6.45) is 6.15. The smallest absolute Gasteiger partial charge is 0.0471 e. The van der Waals surface area contributed by atoms with Gasteiger partial charge in [-0.25, -0.2) is 0 Å². The van der Waals surface area contributed by atoms with Crippen LogP contribution in [-0.4, -0.2) is 4.98 Å². The Bertz CT molecular complexity index is 809. The largest absolute Gasteiger partial charge is 0.354 e. The van der Waals surface area contributed by atoms with Gasteiger partial charge in [-0.2, -0.15) is 0 Å². The molecule has 0 spiro atoms. The second-order valence-electron chi connectivity index (χ2n) is 4.87. The van der Waals surface area contributed by atoms with Crippen LogP contribution in [0.1, 0.15) is 25.0 Å². The summed E-state index contributed by atoms with van der Waals surface area (Å²) < 4.78 is 0. The van der Waals surface area contributed by atoms with Crippen molar-refractivity contribution in [2.45, 2.75) is 13.8 Å². The molecule has 0 atom stereocenters. The molecule has 0 saturated carbocycles. The minimum absolute atomic E-state index is 0. The van der Waals surface area contributed by atoms with E-state index in [2.05, 4.69) is 61.0 Å². The normalized spacial score (nSPS) is 11.7.